The zero-order valence-corrected chi connectivity index (χ0v) is 10.5. The van der Waals surface area contributed by atoms with Crippen LogP contribution in [0.4, 0.5) is 5.82 Å². The fourth-order valence-corrected chi connectivity index (χ4v) is 2.43. The van der Waals surface area contributed by atoms with Crippen LogP contribution in [-0.2, 0) is 16.6 Å². The summed E-state index contributed by atoms with van der Waals surface area (Å²) < 4.78 is 26.3. The van der Waals surface area contributed by atoms with Gasteiger partial charge in [0.2, 0.25) is 0 Å². The highest BCUT2D eigenvalue weighted by Crippen LogP contribution is 2.14. The van der Waals surface area contributed by atoms with E-state index in [4.69, 9.17) is 0 Å². The van der Waals surface area contributed by atoms with Gasteiger partial charge < -0.3 is 10.3 Å². The Labute approximate surface area is 105 Å². The zero-order chi connectivity index (χ0) is 13.0. The lowest BCUT2D eigenvalue weighted by Crippen LogP contribution is -2.13. The first-order chi connectivity index (χ1) is 8.62. The number of hydrogen-bond acceptors (Lipinski definition) is 5. The van der Waals surface area contributed by atoms with Crippen LogP contribution in [0.15, 0.2) is 35.5 Å². The first-order valence-electron chi connectivity index (χ1n) is 5.24. The van der Waals surface area contributed by atoms with Crippen molar-refractivity contribution in [2.75, 3.05) is 11.8 Å². The first kappa shape index (κ1) is 12.5. The summed E-state index contributed by atoms with van der Waals surface area (Å²) in [7, 11) is -1.84. The molecule has 2 aromatic heterocycles. The first-order valence-corrected chi connectivity index (χ1v) is 6.72. The summed E-state index contributed by atoms with van der Waals surface area (Å²) in [6.45, 7) is 0.570. The molecule has 0 unspecified atom stereocenters. The second-order valence-corrected chi connectivity index (χ2v) is 5.29. The van der Waals surface area contributed by atoms with E-state index < -0.39 is 10.0 Å². The van der Waals surface area contributed by atoms with E-state index in [0.29, 0.717) is 6.54 Å². The molecule has 0 aliphatic rings. The number of sulfonamides is 1. The summed E-state index contributed by atoms with van der Waals surface area (Å²) >= 11 is 0. The smallest absolute Gasteiger partial charge is 0.264 e. The molecular formula is C10H13N5O2S. The minimum Gasteiger partial charge on any atom is -0.363 e. The Bertz CT molecular complexity index is 608. The molecule has 8 heteroatoms. The van der Waals surface area contributed by atoms with Gasteiger partial charge in [0.05, 0.1) is 0 Å². The van der Waals surface area contributed by atoms with Crippen LogP contribution in [0.1, 0.15) is 5.69 Å². The monoisotopic (exact) mass is 267 g/mol. The van der Waals surface area contributed by atoms with Crippen LogP contribution >= 0.6 is 0 Å². The third-order valence-corrected chi connectivity index (χ3v) is 3.54. The maximum Gasteiger partial charge on any atom is 0.264 e. The van der Waals surface area contributed by atoms with Crippen LogP contribution in [0.3, 0.4) is 0 Å². The molecule has 0 fully saturated rings. The van der Waals surface area contributed by atoms with E-state index in [1.54, 1.807) is 19.2 Å². The number of aromatic nitrogens is 3. The van der Waals surface area contributed by atoms with Crippen LogP contribution in [0.5, 0.6) is 0 Å². The Morgan fingerprint density at radius 3 is 2.94 bits per heavy atom. The number of aromatic amines is 1. The summed E-state index contributed by atoms with van der Waals surface area (Å²) in [6.07, 6.45) is 2.91. The summed E-state index contributed by atoms with van der Waals surface area (Å²) in [5.41, 5.74) is 0.789. The van der Waals surface area contributed by atoms with Gasteiger partial charge in [-0.2, -0.15) is 5.10 Å². The molecule has 7 nitrogen and oxygen atoms in total. The minimum absolute atomic E-state index is 0.165. The molecule has 18 heavy (non-hydrogen) atoms. The molecule has 0 aliphatic carbocycles. The molecule has 3 N–H and O–H groups in total. The van der Waals surface area contributed by atoms with Crippen molar-refractivity contribution in [3.63, 3.8) is 0 Å². The maximum absolute atomic E-state index is 12.0. The van der Waals surface area contributed by atoms with Crippen LogP contribution in [0.25, 0.3) is 0 Å². The third kappa shape index (κ3) is 2.84. The highest BCUT2D eigenvalue weighted by molar-refractivity contribution is 7.92. The zero-order valence-electron chi connectivity index (χ0n) is 9.71. The van der Waals surface area contributed by atoms with Crippen molar-refractivity contribution < 1.29 is 8.42 Å². The highest BCUT2D eigenvalue weighted by Gasteiger charge is 2.16. The molecule has 0 saturated heterocycles. The normalized spacial score (nSPS) is 11.4. The number of anilines is 1. The summed E-state index contributed by atoms with van der Waals surface area (Å²) in [6, 6.07) is 4.70. The average molecular weight is 267 g/mol. The number of nitrogens with zero attached hydrogens (tertiary/aromatic N) is 2. The molecule has 0 bridgehead atoms. The standard InChI is InChI=1S/C10H13N5O2S/c1-11-6-8-5-9(7-12-8)18(16,17)15-10-3-2-4-13-14-10/h2-5,7,11-12H,6H2,1H3,(H,14,15). The second-order valence-electron chi connectivity index (χ2n) is 3.61. The van der Waals surface area contributed by atoms with Crippen LogP contribution < -0.4 is 10.0 Å². The lowest BCUT2D eigenvalue weighted by Gasteiger charge is -2.03. The fourth-order valence-electron chi connectivity index (χ4n) is 1.42. The van der Waals surface area contributed by atoms with Crippen LogP contribution in [0.2, 0.25) is 0 Å². The lowest BCUT2D eigenvalue weighted by molar-refractivity contribution is 0.601. The van der Waals surface area contributed by atoms with E-state index in [2.05, 4.69) is 25.2 Å². The highest BCUT2D eigenvalue weighted by atomic mass is 32.2. The Morgan fingerprint density at radius 1 is 1.44 bits per heavy atom. The topological polar surface area (TPSA) is 99.8 Å². The largest absolute Gasteiger partial charge is 0.363 e. The molecular weight excluding hydrogens is 254 g/mol. The molecule has 0 aliphatic heterocycles. The lowest BCUT2D eigenvalue weighted by atomic mass is 10.4. The van der Waals surface area contributed by atoms with Crippen molar-refractivity contribution in [3.05, 3.63) is 36.3 Å². The number of hydrogen-bond donors (Lipinski definition) is 3. The van der Waals surface area contributed by atoms with Gasteiger partial charge in [-0.25, -0.2) is 8.42 Å². The van der Waals surface area contributed by atoms with Crippen molar-refractivity contribution >= 4 is 15.8 Å². The van der Waals surface area contributed by atoms with E-state index in [0.717, 1.165) is 5.69 Å². The molecule has 2 heterocycles. The molecule has 0 spiro atoms. The summed E-state index contributed by atoms with van der Waals surface area (Å²) in [5, 5.41) is 10.2. The maximum atomic E-state index is 12.0. The molecule has 0 atom stereocenters. The third-order valence-electron chi connectivity index (χ3n) is 2.21. The molecule has 2 aromatic rings. The predicted molar refractivity (Wildman–Crippen MR) is 66.4 cm³/mol. The Morgan fingerprint density at radius 2 is 2.28 bits per heavy atom. The van der Waals surface area contributed by atoms with E-state index >= 15 is 0 Å². The van der Waals surface area contributed by atoms with Gasteiger partial charge in [-0.1, -0.05) is 0 Å². The van der Waals surface area contributed by atoms with Crippen LogP contribution in [-0.4, -0.2) is 30.6 Å². The van der Waals surface area contributed by atoms with E-state index in [1.165, 1.54) is 18.5 Å². The van der Waals surface area contributed by atoms with E-state index in [-0.39, 0.29) is 10.7 Å². The predicted octanol–water partition coefficient (Wildman–Crippen LogP) is 0.325. The van der Waals surface area contributed by atoms with Crippen molar-refractivity contribution in [1.82, 2.24) is 20.5 Å². The van der Waals surface area contributed by atoms with Crippen molar-refractivity contribution in [3.8, 4) is 0 Å². The van der Waals surface area contributed by atoms with Gasteiger partial charge in [0.25, 0.3) is 10.0 Å². The van der Waals surface area contributed by atoms with Crippen molar-refractivity contribution in [2.45, 2.75) is 11.4 Å². The van der Waals surface area contributed by atoms with Gasteiger partial charge in [-0.05, 0) is 25.2 Å². The van der Waals surface area contributed by atoms with Gasteiger partial charge in [0.15, 0.2) is 5.82 Å². The number of H-pyrrole nitrogens is 1. The number of rotatable bonds is 5. The molecule has 0 aromatic carbocycles. The fraction of sp³-hybridized carbons (Fsp3) is 0.200. The van der Waals surface area contributed by atoms with E-state index in [9.17, 15) is 8.42 Å². The molecule has 0 radical (unpaired) electrons. The second kappa shape index (κ2) is 5.15. The average Bonchev–Trinajstić information content (AvgIpc) is 2.80. The van der Waals surface area contributed by atoms with Crippen LogP contribution in [0, 0.1) is 0 Å². The summed E-state index contributed by atoms with van der Waals surface area (Å²) in [4.78, 5) is 3.05. The minimum atomic E-state index is -3.62. The molecule has 2 rings (SSSR count). The van der Waals surface area contributed by atoms with Gasteiger partial charge in [-0.15, -0.1) is 5.10 Å². The van der Waals surface area contributed by atoms with Gasteiger partial charge in [0.1, 0.15) is 4.90 Å². The molecule has 96 valence electrons. The van der Waals surface area contributed by atoms with Gasteiger partial charge in [-0.3, -0.25) is 4.72 Å². The number of nitrogens with one attached hydrogen (secondary N) is 3. The molecule has 0 saturated carbocycles. The van der Waals surface area contributed by atoms with Crippen molar-refractivity contribution in [1.29, 1.82) is 0 Å². The Balaban J connectivity index is 2.20. The van der Waals surface area contributed by atoms with Gasteiger partial charge in [0, 0.05) is 24.6 Å². The van der Waals surface area contributed by atoms with Gasteiger partial charge >= 0.3 is 0 Å². The Hall–Kier alpha value is -1.93. The van der Waals surface area contributed by atoms with E-state index in [1.807, 2.05) is 0 Å². The summed E-state index contributed by atoms with van der Waals surface area (Å²) in [5.74, 6) is 0.189. The SMILES string of the molecule is CNCc1cc(S(=O)(=O)Nc2cccnn2)c[nH]1. The quantitative estimate of drug-likeness (QED) is 0.724. The molecule has 0 amide bonds. The Kier molecular flexibility index (Phi) is 3.58. The van der Waals surface area contributed by atoms with Crippen molar-refractivity contribution in [2.24, 2.45) is 0 Å².